The van der Waals surface area contributed by atoms with Crippen molar-refractivity contribution in [2.24, 2.45) is 11.3 Å². The molecule has 2 nitrogen and oxygen atoms in total. The van der Waals surface area contributed by atoms with Crippen molar-refractivity contribution in [1.82, 2.24) is 4.57 Å². The summed E-state index contributed by atoms with van der Waals surface area (Å²) in [4.78, 5) is 0. The van der Waals surface area contributed by atoms with Crippen molar-refractivity contribution in [2.45, 2.75) is 65.5 Å². The minimum absolute atomic E-state index is 0.231. The molecule has 1 saturated carbocycles. The van der Waals surface area contributed by atoms with Gasteiger partial charge in [-0.15, -0.1) is 0 Å². The molecule has 2 heteroatoms. The molecule has 1 N–H and O–H groups in total. The molecule has 1 aromatic heterocycles. The fourth-order valence-corrected chi connectivity index (χ4v) is 3.43. The van der Waals surface area contributed by atoms with Crippen molar-refractivity contribution in [3.63, 3.8) is 0 Å². The van der Waals surface area contributed by atoms with Gasteiger partial charge in [0, 0.05) is 23.5 Å². The van der Waals surface area contributed by atoms with Crippen molar-refractivity contribution in [3.8, 4) is 0 Å². The number of fused-ring (bicyclic) bond motifs is 1. The molecular formula is C16H25NO. The molecule has 0 spiro atoms. The van der Waals surface area contributed by atoms with Crippen LogP contribution in [0.15, 0.2) is 6.07 Å². The van der Waals surface area contributed by atoms with Gasteiger partial charge in [0.1, 0.15) is 0 Å². The van der Waals surface area contributed by atoms with Gasteiger partial charge in [0.25, 0.3) is 0 Å². The maximum absolute atomic E-state index is 10.3. The molecule has 0 amide bonds. The van der Waals surface area contributed by atoms with Gasteiger partial charge in [-0.2, -0.15) is 0 Å². The van der Waals surface area contributed by atoms with Gasteiger partial charge in [0.05, 0.1) is 6.10 Å². The van der Waals surface area contributed by atoms with Crippen LogP contribution < -0.4 is 0 Å². The Morgan fingerprint density at radius 2 is 2.11 bits per heavy atom. The zero-order chi connectivity index (χ0) is 12.9. The predicted molar refractivity (Wildman–Crippen MR) is 73.6 cm³/mol. The van der Waals surface area contributed by atoms with Crippen molar-refractivity contribution in [1.29, 1.82) is 0 Å². The molecule has 0 aliphatic heterocycles. The quantitative estimate of drug-likeness (QED) is 0.867. The lowest BCUT2D eigenvalue weighted by molar-refractivity contribution is 0.0979. The van der Waals surface area contributed by atoms with E-state index in [4.69, 9.17) is 0 Å². The van der Waals surface area contributed by atoms with Gasteiger partial charge in [-0.05, 0) is 43.6 Å². The molecule has 1 fully saturated rings. The molecule has 0 aromatic carbocycles. The lowest BCUT2D eigenvalue weighted by Gasteiger charge is -2.34. The summed E-state index contributed by atoms with van der Waals surface area (Å²) < 4.78 is 2.47. The van der Waals surface area contributed by atoms with E-state index in [1.54, 1.807) is 0 Å². The number of aryl methyl sites for hydroxylation is 1. The normalized spacial score (nSPS) is 26.1. The number of hydrogen-bond acceptors (Lipinski definition) is 1. The third-order valence-corrected chi connectivity index (χ3v) is 4.66. The Balaban J connectivity index is 1.89. The number of nitrogens with zero attached hydrogens (tertiary/aromatic N) is 1. The first-order valence-electron chi connectivity index (χ1n) is 7.33. The first-order valence-corrected chi connectivity index (χ1v) is 7.33. The topological polar surface area (TPSA) is 25.2 Å². The van der Waals surface area contributed by atoms with E-state index < -0.39 is 0 Å². The molecule has 0 bridgehead atoms. The van der Waals surface area contributed by atoms with Crippen molar-refractivity contribution in [2.75, 3.05) is 0 Å². The Labute approximate surface area is 110 Å². The van der Waals surface area contributed by atoms with E-state index in [0.29, 0.717) is 0 Å². The van der Waals surface area contributed by atoms with Crippen LogP contribution in [0.5, 0.6) is 0 Å². The van der Waals surface area contributed by atoms with Crippen molar-refractivity contribution < 1.29 is 5.11 Å². The molecule has 0 radical (unpaired) electrons. The fourth-order valence-electron chi connectivity index (χ4n) is 3.43. The first kappa shape index (κ1) is 12.3. The number of aliphatic hydroxyl groups excluding tert-OH is 1. The van der Waals surface area contributed by atoms with Crippen LogP contribution in [0.4, 0.5) is 0 Å². The van der Waals surface area contributed by atoms with Crippen LogP contribution in [-0.4, -0.2) is 9.67 Å². The van der Waals surface area contributed by atoms with E-state index in [9.17, 15) is 5.11 Å². The van der Waals surface area contributed by atoms with Gasteiger partial charge >= 0.3 is 0 Å². The van der Waals surface area contributed by atoms with E-state index in [1.165, 1.54) is 36.2 Å². The van der Waals surface area contributed by atoms with E-state index >= 15 is 0 Å². The summed E-state index contributed by atoms with van der Waals surface area (Å²) in [6.45, 7) is 7.87. The Bertz CT molecular complexity index is 454. The Morgan fingerprint density at radius 3 is 2.78 bits per heavy atom. The van der Waals surface area contributed by atoms with Crippen LogP contribution in [0.1, 0.15) is 62.6 Å². The summed E-state index contributed by atoms with van der Waals surface area (Å²) in [6.07, 6.45) is 5.92. The van der Waals surface area contributed by atoms with Crippen molar-refractivity contribution in [3.05, 3.63) is 23.0 Å². The van der Waals surface area contributed by atoms with E-state index in [-0.39, 0.29) is 11.5 Å². The summed E-state index contributed by atoms with van der Waals surface area (Å²) in [5.41, 5.74) is 4.16. The van der Waals surface area contributed by atoms with Gasteiger partial charge < -0.3 is 9.67 Å². The molecule has 1 aromatic rings. The summed E-state index contributed by atoms with van der Waals surface area (Å²) in [7, 11) is 0. The maximum Gasteiger partial charge on any atom is 0.0812 e. The molecule has 3 rings (SSSR count). The van der Waals surface area contributed by atoms with Gasteiger partial charge in [-0.1, -0.05) is 26.7 Å². The van der Waals surface area contributed by atoms with Gasteiger partial charge in [0.2, 0.25) is 0 Å². The lowest BCUT2D eigenvalue weighted by Crippen LogP contribution is -2.27. The molecule has 1 unspecified atom stereocenters. The Morgan fingerprint density at radius 1 is 1.39 bits per heavy atom. The SMILES string of the molecule is Cc1cc2c(n1CCC1CC1)CC(C)(C)CC2O. The van der Waals surface area contributed by atoms with E-state index in [0.717, 1.165) is 25.3 Å². The van der Waals surface area contributed by atoms with Crippen LogP contribution in [0.25, 0.3) is 0 Å². The highest BCUT2D eigenvalue weighted by Crippen LogP contribution is 2.42. The predicted octanol–water partition coefficient (Wildman–Crippen LogP) is 3.60. The van der Waals surface area contributed by atoms with Crippen LogP contribution >= 0.6 is 0 Å². The second-order valence-electron chi connectivity index (χ2n) is 7.13. The molecule has 1 heterocycles. The third kappa shape index (κ3) is 2.23. The molecule has 2 aliphatic carbocycles. The zero-order valence-corrected chi connectivity index (χ0v) is 11.9. The summed E-state index contributed by atoms with van der Waals surface area (Å²) in [5.74, 6) is 0.976. The third-order valence-electron chi connectivity index (χ3n) is 4.66. The number of rotatable bonds is 3. The molecule has 100 valence electrons. The second-order valence-corrected chi connectivity index (χ2v) is 7.13. The minimum Gasteiger partial charge on any atom is -0.388 e. The number of hydrogen-bond donors (Lipinski definition) is 1. The highest BCUT2D eigenvalue weighted by atomic mass is 16.3. The van der Waals surface area contributed by atoms with Crippen LogP contribution in [0.3, 0.4) is 0 Å². The molecule has 2 aliphatic rings. The molecule has 18 heavy (non-hydrogen) atoms. The second kappa shape index (κ2) is 4.12. The van der Waals surface area contributed by atoms with Crippen LogP contribution in [-0.2, 0) is 13.0 Å². The Hall–Kier alpha value is -0.760. The van der Waals surface area contributed by atoms with E-state index in [1.807, 2.05) is 0 Å². The summed E-state index contributed by atoms with van der Waals surface area (Å²) in [6, 6.07) is 2.21. The average Bonchev–Trinajstić information content (AvgIpc) is 3.01. The van der Waals surface area contributed by atoms with Crippen molar-refractivity contribution >= 4 is 0 Å². The van der Waals surface area contributed by atoms with Crippen LogP contribution in [0.2, 0.25) is 0 Å². The highest BCUT2D eigenvalue weighted by molar-refractivity contribution is 5.33. The van der Waals surface area contributed by atoms with Crippen LogP contribution in [0, 0.1) is 18.3 Å². The van der Waals surface area contributed by atoms with E-state index in [2.05, 4.69) is 31.4 Å². The largest absolute Gasteiger partial charge is 0.388 e. The molecular weight excluding hydrogens is 222 g/mol. The number of aromatic nitrogens is 1. The smallest absolute Gasteiger partial charge is 0.0812 e. The highest BCUT2D eigenvalue weighted by Gasteiger charge is 2.34. The first-order chi connectivity index (χ1) is 8.46. The zero-order valence-electron chi connectivity index (χ0n) is 11.9. The monoisotopic (exact) mass is 247 g/mol. The average molecular weight is 247 g/mol. The lowest BCUT2D eigenvalue weighted by atomic mass is 9.75. The summed E-state index contributed by atoms with van der Waals surface area (Å²) >= 11 is 0. The molecule has 1 atom stereocenters. The van der Waals surface area contributed by atoms with Gasteiger partial charge in [-0.25, -0.2) is 0 Å². The summed E-state index contributed by atoms with van der Waals surface area (Å²) in [5, 5.41) is 10.3. The van der Waals surface area contributed by atoms with Gasteiger partial charge in [-0.3, -0.25) is 0 Å². The van der Waals surface area contributed by atoms with Gasteiger partial charge in [0.15, 0.2) is 0 Å². The minimum atomic E-state index is -0.260. The fraction of sp³-hybridized carbons (Fsp3) is 0.750. The molecule has 0 saturated heterocycles. The Kier molecular flexibility index (Phi) is 2.81. The number of aliphatic hydroxyl groups is 1. The maximum atomic E-state index is 10.3. The standard InChI is InChI=1S/C16H25NO/c1-11-8-13-14(9-16(2,3)10-15(13)18)17(11)7-6-12-4-5-12/h8,12,15,18H,4-7,9-10H2,1-3H3.